The Morgan fingerprint density at radius 3 is 2.77 bits per heavy atom. The van der Waals surface area contributed by atoms with E-state index in [1.54, 1.807) is 0 Å². The summed E-state index contributed by atoms with van der Waals surface area (Å²) >= 11 is 0. The van der Waals surface area contributed by atoms with Gasteiger partial charge in [0.15, 0.2) is 5.96 Å². The van der Waals surface area contributed by atoms with Crippen LogP contribution in [0.2, 0.25) is 0 Å². The molecule has 31 heavy (non-hydrogen) atoms. The Hall–Kier alpha value is -2.19. The van der Waals surface area contributed by atoms with E-state index in [1.165, 1.54) is 16.3 Å². The number of nitrogens with one attached hydrogen (secondary N) is 1. The number of benzene rings is 2. The zero-order chi connectivity index (χ0) is 20.6. The van der Waals surface area contributed by atoms with Gasteiger partial charge < -0.3 is 15.0 Å². The fraction of sp³-hybridized carbons (Fsp3) is 0.360. The number of halogens is 1. The summed E-state index contributed by atoms with van der Waals surface area (Å²) < 4.78 is 5.97. The molecule has 2 aromatic carbocycles. The summed E-state index contributed by atoms with van der Waals surface area (Å²) in [6, 6.07) is 20.8. The largest absolute Gasteiger partial charge is 0.376 e. The van der Waals surface area contributed by atoms with Gasteiger partial charge in [-0.15, -0.1) is 24.0 Å². The Balaban J connectivity index is 0.00000272. The lowest BCUT2D eigenvalue weighted by molar-refractivity contribution is 0.0906. The first-order valence-corrected chi connectivity index (χ1v) is 10.8. The normalized spacial score (nSPS) is 16.4. The number of hydrogen-bond donors (Lipinski definition) is 1. The Kier molecular flexibility index (Phi) is 9.09. The van der Waals surface area contributed by atoms with Gasteiger partial charge in [-0.2, -0.15) is 0 Å². The SMILES string of the molecule is CCNC(=NCc1nccc2ccccc12)N1CCC(COCc2ccccc2)C1.I. The van der Waals surface area contributed by atoms with Crippen LogP contribution in [0.5, 0.6) is 0 Å². The van der Waals surface area contributed by atoms with Crippen LogP contribution in [0.1, 0.15) is 24.6 Å². The van der Waals surface area contributed by atoms with Gasteiger partial charge in [0.1, 0.15) is 0 Å². The van der Waals surface area contributed by atoms with E-state index in [-0.39, 0.29) is 24.0 Å². The van der Waals surface area contributed by atoms with Crippen molar-refractivity contribution in [3.8, 4) is 0 Å². The average Bonchev–Trinajstić information content (AvgIpc) is 3.26. The smallest absolute Gasteiger partial charge is 0.194 e. The van der Waals surface area contributed by atoms with Gasteiger partial charge in [-0.05, 0) is 30.4 Å². The number of nitrogens with zero attached hydrogens (tertiary/aromatic N) is 3. The maximum Gasteiger partial charge on any atom is 0.194 e. The molecule has 0 radical (unpaired) electrons. The first kappa shape index (κ1) is 23.5. The Labute approximate surface area is 201 Å². The van der Waals surface area contributed by atoms with Crippen molar-refractivity contribution in [2.45, 2.75) is 26.5 Å². The van der Waals surface area contributed by atoms with E-state index in [0.717, 1.165) is 44.3 Å². The first-order valence-electron chi connectivity index (χ1n) is 10.8. The molecule has 164 valence electrons. The minimum atomic E-state index is 0. The molecule has 6 heteroatoms. The summed E-state index contributed by atoms with van der Waals surface area (Å²) in [5.41, 5.74) is 2.25. The van der Waals surface area contributed by atoms with E-state index in [4.69, 9.17) is 9.73 Å². The fourth-order valence-corrected chi connectivity index (χ4v) is 3.96. The van der Waals surface area contributed by atoms with Crippen molar-refractivity contribution >= 4 is 40.7 Å². The topological polar surface area (TPSA) is 49.8 Å². The van der Waals surface area contributed by atoms with Crippen LogP contribution in [0.15, 0.2) is 71.9 Å². The number of aromatic nitrogens is 1. The molecular weight excluding hydrogens is 499 g/mol. The molecule has 1 unspecified atom stereocenters. The zero-order valence-electron chi connectivity index (χ0n) is 18.0. The molecule has 5 nitrogen and oxygen atoms in total. The van der Waals surface area contributed by atoms with Crippen LogP contribution < -0.4 is 5.32 Å². The molecule has 0 bridgehead atoms. The molecule has 1 aliphatic heterocycles. The number of ether oxygens (including phenoxy) is 1. The molecule has 0 aliphatic carbocycles. The third-order valence-corrected chi connectivity index (χ3v) is 5.52. The van der Waals surface area contributed by atoms with Gasteiger partial charge in [-0.1, -0.05) is 54.6 Å². The highest BCUT2D eigenvalue weighted by Gasteiger charge is 2.25. The summed E-state index contributed by atoms with van der Waals surface area (Å²) in [7, 11) is 0. The minimum absolute atomic E-state index is 0. The average molecular weight is 530 g/mol. The highest BCUT2D eigenvalue weighted by atomic mass is 127. The summed E-state index contributed by atoms with van der Waals surface area (Å²) in [5, 5.41) is 5.83. The second-order valence-electron chi connectivity index (χ2n) is 7.75. The van der Waals surface area contributed by atoms with Crippen molar-refractivity contribution in [2.75, 3.05) is 26.2 Å². The zero-order valence-corrected chi connectivity index (χ0v) is 20.4. The van der Waals surface area contributed by atoms with Gasteiger partial charge in [-0.25, -0.2) is 4.99 Å². The molecule has 0 spiro atoms. The summed E-state index contributed by atoms with van der Waals surface area (Å²) in [4.78, 5) is 11.8. The maximum atomic E-state index is 5.97. The quantitative estimate of drug-likeness (QED) is 0.270. The molecule has 1 atom stereocenters. The first-order chi connectivity index (χ1) is 14.8. The highest BCUT2D eigenvalue weighted by Crippen LogP contribution is 2.19. The van der Waals surface area contributed by atoms with Crippen LogP contribution in [0.25, 0.3) is 10.8 Å². The van der Waals surface area contributed by atoms with E-state index in [1.807, 2.05) is 18.3 Å². The fourth-order valence-electron chi connectivity index (χ4n) is 3.96. The highest BCUT2D eigenvalue weighted by molar-refractivity contribution is 14.0. The van der Waals surface area contributed by atoms with Crippen molar-refractivity contribution in [1.82, 2.24) is 15.2 Å². The van der Waals surface area contributed by atoms with Crippen molar-refractivity contribution in [3.05, 3.63) is 78.1 Å². The van der Waals surface area contributed by atoms with Gasteiger partial charge in [-0.3, -0.25) is 4.98 Å². The standard InChI is InChI=1S/C25H30N4O.HI/c1-2-26-25(28-16-24-23-11-7-6-10-22(23)12-14-27-24)29-15-13-21(17-29)19-30-18-20-8-4-3-5-9-20;/h3-12,14,21H,2,13,15-19H2,1H3,(H,26,28);1H. The van der Waals surface area contributed by atoms with Crippen molar-refractivity contribution in [3.63, 3.8) is 0 Å². The number of guanidine groups is 1. The van der Waals surface area contributed by atoms with Crippen LogP contribution in [-0.4, -0.2) is 42.1 Å². The maximum absolute atomic E-state index is 5.97. The number of aliphatic imine (C=N–C) groups is 1. The number of hydrogen-bond acceptors (Lipinski definition) is 3. The van der Waals surface area contributed by atoms with Crippen molar-refractivity contribution in [1.29, 1.82) is 0 Å². The molecule has 1 aliphatic rings. The van der Waals surface area contributed by atoms with Crippen LogP contribution in [-0.2, 0) is 17.9 Å². The van der Waals surface area contributed by atoms with E-state index in [0.29, 0.717) is 19.1 Å². The molecule has 1 N–H and O–H groups in total. The second kappa shape index (κ2) is 12.0. The number of fused-ring (bicyclic) bond motifs is 1. The van der Waals surface area contributed by atoms with E-state index >= 15 is 0 Å². The van der Waals surface area contributed by atoms with Crippen molar-refractivity contribution < 1.29 is 4.74 Å². The summed E-state index contributed by atoms with van der Waals surface area (Å²) in [5.74, 6) is 1.51. The lowest BCUT2D eigenvalue weighted by Crippen LogP contribution is -2.40. The van der Waals surface area contributed by atoms with Gasteiger partial charge in [0.25, 0.3) is 0 Å². The van der Waals surface area contributed by atoms with E-state index < -0.39 is 0 Å². The van der Waals surface area contributed by atoms with Gasteiger partial charge in [0.2, 0.25) is 0 Å². The minimum Gasteiger partial charge on any atom is -0.376 e. The molecule has 1 aromatic heterocycles. The third-order valence-electron chi connectivity index (χ3n) is 5.52. The number of likely N-dealkylation sites (tertiary alicyclic amines) is 1. The molecule has 0 saturated carbocycles. The Morgan fingerprint density at radius 2 is 1.94 bits per heavy atom. The summed E-state index contributed by atoms with van der Waals surface area (Å²) in [6.07, 6.45) is 3.00. The summed E-state index contributed by atoms with van der Waals surface area (Å²) in [6.45, 7) is 7.00. The second-order valence-corrected chi connectivity index (χ2v) is 7.75. The molecule has 0 amide bonds. The van der Waals surface area contributed by atoms with Gasteiger partial charge in [0.05, 0.1) is 25.5 Å². The molecular formula is C25H31IN4O. The Morgan fingerprint density at radius 1 is 1.13 bits per heavy atom. The monoisotopic (exact) mass is 530 g/mol. The molecule has 2 heterocycles. The van der Waals surface area contributed by atoms with E-state index in [2.05, 4.69) is 70.7 Å². The molecule has 3 aromatic rings. The molecule has 1 saturated heterocycles. The van der Waals surface area contributed by atoms with Crippen LogP contribution in [0, 0.1) is 5.92 Å². The predicted molar refractivity (Wildman–Crippen MR) is 138 cm³/mol. The van der Waals surface area contributed by atoms with Gasteiger partial charge >= 0.3 is 0 Å². The van der Waals surface area contributed by atoms with Gasteiger partial charge in [0, 0.05) is 37.1 Å². The predicted octanol–water partition coefficient (Wildman–Crippen LogP) is 4.86. The molecule has 1 fully saturated rings. The molecule has 4 rings (SSSR count). The van der Waals surface area contributed by atoms with Crippen LogP contribution in [0.3, 0.4) is 0 Å². The van der Waals surface area contributed by atoms with Crippen molar-refractivity contribution in [2.24, 2.45) is 10.9 Å². The number of pyridine rings is 1. The van der Waals surface area contributed by atoms with Crippen LogP contribution in [0.4, 0.5) is 0 Å². The number of rotatable bonds is 7. The lowest BCUT2D eigenvalue weighted by Gasteiger charge is -2.21. The Bertz CT molecular complexity index is 974. The van der Waals surface area contributed by atoms with E-state index in [9.17, 15) is 0 Å². The van der Waals surface area contributed by atoms with Crippen LogP contribution >= 0.6 is 24.0 Å². The third kappa shape index (κ3) is 6.40. The lowest BCUT2D eigenvalue weighted by atomic mass is 10.1.